The maximum atomic E-state index is 11.3. The van der Waals surface area contributed by atoms with Crippen molar-refractivity contribution < 1.29 is 19.4 Å². The van der Waals surface area contributed by atoms with Crippen LogP contribution in [0.3, 0.4) is 0 Å². The lowest BCUT2D eigenvalue weighted by molar-refractivity contribution is -0.135. The predicted octanol–water partition coefficient (Wildman–Crippen LogP) is 2.52. The number of esters is 1. The number of halogens is 1. The van der Waals surface area contributed by atoms with E-state index < -0.39 is 5.97 Å². The molecule has 0 atom stereocenters. The molecule has 0 spiro atoms. The Bertz CT molecular complexity index is 560. The molecule has 0 unspecified atom stereocenters. The molecule has 5 nitrogen and oxygen atoms in total. The van der Waals surface area contributed by atoms with Gasteiger partial charge in [0.1, 0.15) is 11.6 Å². The molecule has 100 valence electrons. The number of nitrogens with zero attached hydrogens (tertiary/aromatic N) is 1. The number of phenolic OH excluding ortho intramolecular Hbond substituents is 1. The predicted molar refractivity (Wildman–Crippen MR) is 69.9 cm³/mol. The van der Waals surface area contributed by atoms with Crippen molar-refractivity contribution >= 4 is 23.6 Å². The number of hydrogen-bond donors (Lipinski definition) is 1. The second-order valence-corrected chi connectivity index (χ2v) is 3.85. The smallest absolute Gasteiger partial charge is 0.348 e. The number of phenols is 1. The number of hydrogen-bond acceptors (Lipinski definition) is 5. The summed E-state index contributed by atoms with van der Waals surface area (Å²) in [6.07, 6.45) is 1.31. The molecule has 6 heteroatoms. The normalized spacial score (nSPS) is 10.7. The summed E-state index contributed by atoms with van der Waals surface area (Å²) in [6, 6.07) is 4.62. The Kier molecular flexibility index (Phi) is 5.22. The Morgan fingerprint density at radius 2 is 2.26 bits per heavy atom. The fraction of sp³-hybridized carbons (Fsp3) is 0.231. The van der Waals surface area contributed by atoms with Gasteiger partial charge in [-0.2, -0.15) is 5.26 Å². The first-order chi connectivity index (χ1) is 9.03. The van der Waals surface area contributed by atoms with E-state index in [1.165, 1.54) is 25.3 Å². The average molecular weight is 282 g/mol. The molecule has 1 aromatic carbocycles. The molecular formula is C13H12ClNO4. The summed E-state index contributed by atoms with van der Waals surface area (Å²) in [5, 5.41) is 18.6. The first-order valence-electron chi connectivity index (χ1n) is 5.38. The van der Waals surface area contributed by atoms with Crippen molar-refractivity contribution in [2.75, 3.05) is 13.7 Å². The molecule has 0 fully saturated rings. The van der Waals surface area contributed by atoms with Gasteiger partial charge in [-0.25, -0.2) is 4.79 Å². The molecule has 0 aliphatic heterocycles. The van der Waals surface area contributed by atoms with E-state index in [0.717, 1.165) is 0 Å². The van der Waals surface area contributed by atoms with Gasteiger partial charge in [0.05, 0.1) is 18.7 Å². The van der Waals surface area contributed by atoms with E-state index in [1.54, 1.807) is 13.0 Å². The number of carbonyl (C=O) groups is 1. The molecule has 19 heavy (non-hydrogen) atoms. The van der Waals surface area contributed by atoms with E-state index in [-0.39, 0.29) is 22.1 Å². The molecule has 1 N–H and O–H groups in total. The number of rotatable bonds is 4. The summed E-state index contributed by atoms with van der Waals surface area (Å²) in [5.41, 5.74) is 0.278. The molecule has 0 heterocycles. The third-order valence-electron chi connectivity index (χ3n) is 2.19. The van der Waals surface area contributed by atoms with E-state index >= 15 is 0 Å². The summed E-state index contributed by atoms with van der Waals surface area (Å²) in [5.74, 6) is -0.745. The van der Waals surface area contributed by atoms with E-state index in [0.29, 0.717) is 12.2 Å². The molecule has 0 radical (unpaired) electrons. The van der Waals surface area contributed by atoms with Crippen LogP contribution in [0.1, 0.15) is 12.5 Å². The highest BCUT2D eigenvalue weighted by atomic mass is 35.5. The molecule has 0 aromatic heterocycles. The van der Waals surface area contributed by atoms with Crippen molar-refractivity contribution in [3.8, 4) is 17.6 Å². The number of methoxy groups -OCH3 is 1. The van der Waals surface area contributed by atoms with E-state index in [1.807, 2.05) is 0 Å². The van der Waals surface area contributed by atoms with Crippen LogP contribution in [0.5, 0.6) is 11.5 Å². The Hall–Kier alpha value is -2.19. The summed E-state index contributed by atoms with van der Waals surface area (Å²) < 4.78 is 9.66. The first kappa shape index (κ1) is 14.9. The van der Waals surface area contributed by atoms with Gasteiger partial charge in [0.2, 0.25) is 0 Å². The highest BCUT2D eigenvalue weighted by Gasteiger charge is 2.12. The lowest BCUT2D eigenvalue weighted by Gasteiger charge is -2.08. The number of nitriles is 1. The molecule has 0 saturated heterocycles. The Balaban J connectivity index is 3.25. The van der Waals surface area contributed by atoms with Gasteiger partial charge >= 0.3 is 5.97 Å². The molecule has 0 amide bonds. The SMILES string of the molecule is CCOc1cc(/C=C(\C#N)C(=O)OC)cc(Cl)c1O. The molecule has 0 aliphatic carbocycles. The molecule has 0 aliphatic rings. The van der Waals surface area contributed by atoms with Crippen LogP contribution in [0.25, 0.3) is 6.08 Å². The van der Waals surface area contributed by atoms with Gasteiger partial charge in [0.15, 0.2) is 11.5 Å². The Labute approximate surface area is 115 Å². The summed E-state index contributed by atoms with van der Waals surface area (Å²) in [6.45, 7) is 2.10. The number of ether oxygens (including phenoxy) is 2. The number of benzene rings is 1. The van der Waals surface area contributed by atoms with E-state index in [2.05, 4.69) is 4.74 Å². The molecule has 1 rings (SSSR count). The van der Waals surface area contributed by atoms with Gasteiger partial charge in [-0.15, -0.1) is 0 Å². The summed E-state index contributed by atoms with van der Waals surface area (Å²) >= 11 is 5.84. The second kappa shape index (κ2) is 6.66. The summed E-state index contributed by atoms with van der Waals surface area (Å²) in [7, 11) is 1.18. The van der Waals surface area contributed by atoms with Gasteiger partial charge in [-0.05, 0) is 30.7 Å². The quantitative estimate of drug-likeness (QED) is 0.521. The largest absolute Gasteiger partial charge is 0.503 e. The van der Waals surface area contributed by atoms with Crippen molar-refractivity contribution in [1.29, 1.82) is 5.26 Å². The van der Waals surface area contributed by atoms with Crippen molar-refractivity contribution in [3.05, 3.63) is 28.3 Å². The van der Waals surface area contributed by atoms with Crippen LogP contribution in [0.15, 0.2) is 17.7 Å². The third kappa shape index (κ3) is 3.63. The van der Waals surface area contributed by atoms with E-state index in [4.69, 9.17) is 21.6 Å². The standard InChI is InChI=1S/C13H12ClNO4/c1-3-19-11-6-8(5-10(14)12(11)16)4-9(7-15)13(17)18-2/h4-6,16H,3H2,1-2H3/b9-4+. The van der Waals surface area contributed by atoms with Crippen LogP contribution in [0.2, 0.25) is 5.02 Å². The zero-order chi connectivity index (χ0) is 14.4. The minimum absolute atomic E-state index is 0.0688. The van der Waals surface area contributed by atoms with Crippen LogP contribution in [-0.2, 0) is 9.53 Å². The lowest BCUT2D eigenvalue weighted by Crippen LogP contribution is -2.02. The van der Waals surface area contributed by atoms with Crippen LogP contribution >= 0.6 is 11.6 Å². The van der Waals surface area contributed by atoms with Gasteiger partial charge in [0.25, 0.3) is 0 Å². The Morgan fingerprint density at radius 3 is 2.79 bits per heavy atom. The second-order valence-electron chi connectivity index (χ2n) is 3.44. The van der Waals surface area contributed by atoms with Crippen molar-refractivity contribution in [3.63, 3.8) is 0 Å². The minimum atomic E-state index is -0.746. The van der Waals surface area contributed by atoms with Crippen LogP contribution in [0.4, 0.5) is 0 Å². The monoisotopic (exact) mass is 281 g/mol. The zero-order valence-electron chi connectivity index (χ0n) is 10.4. The highest BCUT2D eigenvalue weighted by molar-refractivity contribution is 6.32. The lowest BCUT2D eigenvalue weighted by atomic mass is 10.1. The molecule has 0 saturated carbocycles. The maximum Gasteiger partial charge on any atom is 0.348 e. The fourth-order valence-corrected chi connectivity index (χ4v) is 1.58. The van der Waals surface area contributed by atoms with Crippen molar-refractivity contribution in [2.45, 2.75) is 6.92 Å². The fourth-order valence-electron chi connectivity index (χ4n) is 1.36. The maximum absolute atomic E-state index is 11.3. The van der Waals surface area contributed by atoms with Crippen molar-refractivity contribution in [1.82, 2.24) is 0 Å². The molecule has 0 bridgehead atoms. The van der Waals surface area contributed by atoms with Gasteiger partial charge in [0, 0.05) is 0 Å². The third-order valence-corrected chi connectivity index (χ3v) is 2.48. The van der Waals surface area contributed by atoms with E-state index in [9.17, 15) is 9.90 Å². The highest BCUT2D eigenvalue weighted by Crippen LogP contribution is 2.35. The summed E-state index contributed by atoms with van der Waals surface area (Å²) in [4.78, 5) is 11.3. The van der Waals surface area contributed by atoms with Gasteiger partial charge in [-0.1, -0.05) is 11.6 Å². The zero-order valence-corrected chi connectivity index (χ0v) is 11.2. The minimum Gasteiger partial charge on any atom is -0.503 e. The first-order valence-corrected chi connectivity index (χ1v) is 5.76. The Morgan fingerprint density at radius 1 is 1.58 bits per heavy atom. The number of carbonyl (C=O) groups excluding carboxylic acids is 1. The number of aromatic hydroxyl groups is 1. The van der Waals surface area contributed by atoms with Crippen LogP contribution in [0, 0.1) is 11.3 Å². The average Bonchev–Trinajstić information content (AvgIpc) is 2.40. The van der Waals surface area contributed by atoms with Crippen LogP contribution in [-0.4, -0.2) is 24.8 Å². The van der Waals surface area contributed by atoms with Crippen molar-refractivity contribution in [2.24, 2.45) is 0 Å². The van der Waals surface area contributed by atoms with Crippen LogP contribution < -0.4 is 4.74 Å². The molecule has 1 aromatic rings. The topological polar surface area (TPSA) is 79.5 Å². The van der Waals surface area contributed by atoms with Gasteiger partial charge in [-0.3, -0.25) is 0 Å². The molecular weight excluding hydrogens is 270 g/mol. The van der Waals surface area contributed by atoms with Gasteiger partial charge < -0.3 is 14.6 Å².